The minimum atomic E-state index is -0.189. The molecule has 1 aromatic carbocycles. The van der Waals surface area contributed by atoms with Crippen molar-refractivity contribution in [3.05, 3.63) is 29.3 Å². The molecule has 1 aromatic rings. The molecule has 2 rings (SSSR count). The second-order valence-electron chi connectivity index (χ2n) is 4.95. The Labute approximate surface area is 118 Å². The fourth-order valence-electron chi connectivity index (χ4n) is 2.28. The molecular formula is C15H19NO4. The van der Waals surface area contributed by atoms with Crippen molar-refractivity contribution in [1.82, 2.24) is 5.32 Å². The predicted molar refractivity (Wildman–Crippen MR) is 74.1 cm³/mol. The Morgan fingerprint density at radius 1 is 1.40 bits per heavy atom. The van der Waals surface area contributed by atoms with E-state index in [2.05, 4.69) is 5.32 Å². The van der Waals surface area contributed by atoms with Gasteiger partial charge in [-0.3, -0.25) is 9.59 Å². The summed E-state index contributed by atoms with van der Waals surface area (Å²) >= 11 is 0. The highest BCUT2D eigenvalue weighted by Gasteiger charge is 2.19. The van der Waals surface area contributed by atoms with Crippen LogP contribution in [0.5, 0.6) is 5.75 Å². The quantitative estimate of drug-likeness (QED) is 0.852. The molecule has 0 aromatic heterocycles. The Morgan fingerprint density at radius 3 is 2.95 bits per heavy atom. The fourth-order valence-corrected chi connectivity index (χ4v) is 2.28. The number of carbonyl (C=O) groups is 2. The van der Waals surface area contributed by atoms with Gasteiger partial charge in [-0.25, -0.2) is 0 Å². The first-order chi connectivity index (χ1) is 9.60. The minimum Gasteiger partial charge on any atom is -0.484 e. The number of hydrogen-bond donors (Lipinski definition) is 1. The second kappa shape index (κ2) is 6.52. The van der Waals surface area contributed by atoms with Gasteiger partial charge in [-0.15, -0.1) is 0 Å². The number of amides is 1. The number of fused-ring (bicyclic) bond motifs is 1. The topological polar surface area (TPSA) is 64.6 Å². The lowest BCUT2D eigenvalue weighted by Gasteiger charge is -2.13. The van der Waals surface area contributed by atoms with Gasteiger partial charge in [0.05, 0.1) is 6.61 Å². The zero-order chi connectivity index (χ0) is 14.5. The molecule has 5 heteroatoms. The third kappa shape index (κ3) is 3.57. The zero-order valence-corrected chi connectivity index (χ0v) is 11.8. The maximum Gasteiger partial charge on any atom is 0.258 e. The maximum absolute atomic E-state index is 11.6. The summed E-state index contributed by atoms with van der Waals surface area (Å²) in [5.41, 5.74) is 1.77. The van der Waals surface area contributed by atoms with E-state index in [-0.39, 0.29) is 24.3 Å². The van der Waals surface area contributed by atoms with Crippen LogP contribution >= 0.6 is 0 Å². The molecule has 0 radical (unpaired) electrons. The third-order valence-corrected chi connectivity index (χ3v) is 3.19. The van der Waals surface area contributed by atoms with Crippen molar-refractivity contribution in [3.63, 3.8) is 0 Å². The van der Waals surface area contributed by atoms with E-state index in [1.165, 1.54) is 0 Å². The van der Waals surface area contributed by atoms with Crippen LogP contribution in [0.2, 0.25) is 0 Å². The van der Waals surface area contributed by atoms with Gasteiger partial charge in [0.25, 0.3) is 5.91 Å². The van der Waals surface area contributed by atoms with Crippen LogP contribution < -0.4 is 10.1 Å². The normalized spacial score (nSPS) is 14.8. The van der Waals surface area contributed by atoms with E-state index in [4.69, 9.17) is 9.47 Å². The number of methoxy groups -OCH3 is 1. The van der Waals surface area contributed by atoms with Crippen LogP contribution in [-0.4, -0.2) is 38.1 Å². The Balaban J connectivity index is 1.85. The first-order valence-corrected chi connectivity index (χ1v) is 6.67. The van der Waals surface area contributed by atoms with Crippen LogP contribution in [0.1, 0.15) is 29.3 Å². The molecule has 1 aliphatic rings. The average molecular weight is 277 g/mol. The van der Waals surface area contributed by atoms with Crippen LogP contribution in [0.4, 0.5) is 0 Å². The summed E-state index contributed by atoms with van der Waals surface area (Å²) in [6.07, 6.45) is 1.32. The van der Waals surface area contributed by atoms with E-state index < -0.39 is 0 Å². The molecule has 0 bridgehead atoms. The number of Topliss-reactive ketones (excluding diaryl/α,β-unsaturated/α-hetero) is 1. The van der Waals surface area contributed by atoms with Crippen LogP contribution in [0.25, 0.3) is 0 Å². The number of carbonyl (C=O) groups excluding carboxylic acids is 2. The summed E-state index contributed by atoms with van der Waals surface area (Å²) in [5, 5.41) is 2.77. The largest absolute Gasteiger partial charge is 0.484 e. The highest BCUT2D eigenvalue weighted by atomic mass is 16.5. The lowest BCUT2D eigenvalue weighted by Crippen LogP contribution is -2.38. The molecular weight excluding hydrogens is 258 g/mol. The molecule has 1 amide bonds. The summed E-state index contributed by atoms with van der Waals surface area (Å²) in [7, 11) is 1.59. The summed E-state index contributed by atoms with van der Waals surface area (Å²) in [4.78, 5) is 23.2. The van der Waals surface area contributed by atoms with E-state index in [9.17, 15) is 9.59 Å². The first kappa shape index (κ1) is 14.5. The summed E-state index contributed by atoms with van der Waals surface area (Å²) in [5.74, 6) is 0.608. The molecule has 108 valence electrons. The third-order valence-electron chi connectivity index (χ3n) is 3.19. The van der Waals surface area contributed by atoms with Gasteiger partial charge in [0.15, 0.2) is 12.4 Å². The molecule has 0 heterocycles. The minimum absolute atomic E-state index is 0.0409. The van der Waals surface area contributed by atoms with E-state index in [0.717, 1.165) is 17.5 Å². The lowest BCUT2D eigenvalue weighted by atomic mass is 10.1. The first-order valence-electron chi connectivity index (χ1n) is 6.67. The van der Waals surface area contributed by atoms with Gasteiger partial charge in [0.2, 0.25) is 0 Å². The smallest absolute Gasteiger partial charge is 0.258 e. The molecule has 0 spiro atoms. The van der Waals surface area contributed by atoms with Gasteiger partial charge in [-0.1, -0.05) is 0 Å². The molecule has 0 saturated heterocycles. The molecule has 1 N–H and O–H groups in total. The highest BCUT2D eigenvalue weighted by Crippen LogP contribution is 2.25. The number of nitrogens with one attached hydrogen (secondary N) is 1. The van der Waals surface area contributed by atoms with Gasteiger partial charge in [0, 0.05) is 25.1 Å². The lowest BCUT2D eigenvalue weighted by molar-refractivity contribution is -0.124. The number of aryl methyl sites for hydroxylation is 1. The van der Waals surface area contributed by atoms with Crippen molar-refractivity contribution in [2.45, 2.75) is 25.8 Å². The number of hydrogen-bond acceptors (Lipinski definition) is 4. The van der Waals surface area contributed by atoms with Crippen LogP contribution in [-0.2, 0) is 16.0 Å². The Kier molecular flexibility index (Phi) is 4.74. The molecule has 0 aliphatic heterocycles. The standard InChI is InChI=1S/C15H19NO4/c1-10(8-19-2)16-15(18)9-20-12-4-5-13-11(7-12)3-6-14(13)17/h4-5,7,10H,3,6,8-9H2,1-2H3,(H,16,18). The average Bonchev–Trinajstić information content (AvgIpc) is 2.78. The van der Waals surface area contributed by atoms with Crippen LogP contribution in [0, 0.1) is 0 Å². The summed E-state index contributed by atoms with van der Waals surface area (Å²) < 4.78 is 10.4. The number of ether oxygens (including phenoxy) is 2. The molecule has 5 nitrogen and oxygen atoms in total. The predicted octanol–water partition coefficient (Wildman–Crippen LogP) is 1.35. The van der Waals surface area contributed by atoms with Crippen molar-refractivity contribution in [2.75, 3.05) is 20.3 Å². The molecule has 20 heavy (non-hydrogen) atoms. The van der Waals surface area contributed by atoms with Gasteiger partial charge in [0.1, 0.15) is 5.75 Å². The molecule has 1 atom stereocenters. The van der Waals surface area contributed by atoms with Crippen molar-refractivity contribution >= 4 is 11.7 Å². The zero-order valence-electron chi connectivity index (χ0n) is 11.8. The Morgan fingerprint density at radius 2 is 2.20 bits per heavy atom. The maximum atomic E-state index is 11.6. The van der Waals surface area contributed by atoms with Crippen molar-refractivity contribution in [3.8, 4) is 5.75 Å². The molecule has 0 saturated carbocycles. The fraction of sp³-hybridized carbons (Fsp3) is 0.467. The van der Waals surface area contributed by atoms with E-state index >= 15 is 0 Å². The van der Waals surface area contributed by atoms with Gasteiger partial charge < -0.3 is 14.8 Å². The van der Waals surface area contributed by atoms with Crippen molar-refractivity contribution in [1.29, 1.82) is 0 Å². The monoisotopic (exact) mass is 277 g/mol. The van der Waals surface area contributed by atoms with Gasteiger partial charge >= 0.3 is 0 Å². The van der Waals surface area contributed by atoms with Gasteiger partial charge in [-0.2, -0.15) is 0 Å². The Bertz CT molecular complexity index is 513. The molecule has 0 fully saturated rings. The number of rotatable bonds is 6. The van der Waals surface area contributed by atoms with Crippen LogP contribution in [0.3, 0.4) is 0 Å². The van der Waals surface area contributed by atoms with Crippen molar-refractivity contribution < 1.29 is 19.1 Å². The van der Waals surface area contributed by atoms with Crippen molar-refractivity contribution in [2.24, 2.45) is 0 Å². The van der Waals surface area contributed by atoms with Gasteiger partial charge in [-0.05, 0) is 37.1 Å². The second-order valence-corrected chi connectivity index (χ2v) is 4.95. The van der Waals surface area contributed by atoms with E-state index in [1.807, 2.05) is 13.0 Å². The van der Waals surface area contributed by atoms with E-state index in [1.54, 1.807) is 19.2 Å². The molecule has 1 aliphatic carbocycles. The Hall–Kier alpha value is -1.88. The van der Waals surface area contributed by atoms with Crippen LogP contribution in [0.15, 0.2) is 18.2 Å². The molecule has 1 unspecified atom stereocenters. The summed E-state index contributed by atoms with van der Waals surface area (Å²) in [6, 6.07) is 5.29. The summed E-state index contributed by atoms with van der Waals surface area (Å²) in [6.45, 7) is 2.29. The van der Waals surface area contributed by atoms with E-state index in [0.29, 0.717) is 18.8 Å². The number of ketones is 1. The number of benzene rings is 1. The SMILES string of the molecule is COCC(C)NC(=O)COc1ccc2c(c1)CCC2=O. The highest BCUT2D eigenvalue weighted by molar-refractivity contribution is 6.00.